The zero-order chi connectivity index (χ0) is 13.2. The van der Waals surface area contributed by atoms with E-state index in [2.05, 4.69) is 0 Å². The third kappa shape index (κ3) is 3.09. The maximum atomic E-state index is 13.0. The highest BCUT2D eigenvalue weighted by Crippen LogP contribution is 2.19. The summed E-state index contributed by atoms with van der Waals surface area (Å²) in [6.07, 6.45) is 0. The molecule has 2 rings (SSSR count). The Morgan fingerprint density at radius 1 is 1.06 bits per heavy atom. The van der Waals surface area contributed by atoms with Crippen molar-refractivity contribution in [2.24, 2.45) is 0 Å². The van der Waals surface area contributed by atoms with Crippen molar-refractivity contribution >= 4 is 21.4 Å². The van der Waals surface area contributed by atoms with Gasteiger partial charge in [-0.05, 0) is 35.9 Å². The van der Waals surface area contributed by atoms with Crippen molar-refractivity contribution in [3.05, 3.63) is 64.9 Å². The van der Waals surface area contributed by atoms with Gasteiger partial charge in [0.2, 0.25) is 0 Å². The average molecular weight is 285 g/mol. The molecule has 2 aromatic carbocycles. The number of hydrogen-bond acceptors (Lipinski definition) is 2. The first kappa shape index (κ1) is 13.1. The quantitative estimate of drug-likeness (QED) is 0.865. The molecule has 0 aliphatic heterocycles. The van der Waals surface area contributed by atoms with Gasteiger partial charge in [0, 0.05) is 5.02 Å². The Kier molecular flexibility index (Phi) is 3.68. The monoisotopic (exact) mass is 284 g/mol. The van der Waals surface area contributed by atoms with Crippen LogP contribution in [0, 0.1) is 5.82 Å². The van der Waals surface area contributed by atoms with Crippen LogP contribution < -0.4 is 0 Å². The van der Waals surface area contributed by atoms with E-state index in [1.54, 1.807) is 24.3 Å². The lowest BCUT2D eigenvalue weighted by Gasteiger charge is -2.05. The van der Waals surface area contributed by atoms with Crippen LogP contribution in [0.5, 0.6) is 0 Å². The van der Waals surface area contributed by atoms with Crippen molar-refractivity contribution in [1.82, 2.24) is 0 Å². The minimum Gasteiger partial charge on any atom is -0.223 e. The van der Waals surface area contributed by atoms with Gasteiger partial charge in [0.1, 0.15) is 5.82 Å². The standard InChI is InChI=1S/C13H10ClFO2S/c14-11-4-1-3-10(7-11)9-18(16,17)13-6-2-5-12(15)8-13/h1-8H,9H2. The van der Waals surface area contributed by atoms with Gasteiger partial charge in [-0.25, -0.2) is 12.8 Å². The lowest BCUT2D eigenvalue weighted by atomic mass is 10.2. The van der Waals surface area contributed by atoms with Crippen molar-refractivity contribution in [3.8, 4) is 0 Å². The Morgan fingerprint density at radius 2 is 1.78 bits per heavy atom. The fourth-order valence-electron chi connectivity index (χ4n) is 1.59. The summed E-state index contributed by atoms with van der Waals surface area (Å²) in [5.41, 5.74) is 0.576. The van der Waals surface area contributed by atoms with Gasteiger partial charge in [0.25, 0.3) is 0 Å². The second kappa shape index (κ2) is 5.08. The summed E-state index contributed by atoms with van der Waals surface area (Å²) in [6, 6.07) is 11.6. The predicted molar refractivity (Wildman–Crippen MR) is 68.7 cm³/mol. The smallest absolute Gasteiger partial charge is 0.182 e. The van der Waals surface area contributed by atoms with E-state index < -0.39 is 15.7 Å². The number of hydrogen-bond donors (Lipinski definition) is 0. The van der Waals surface area contributed by atoms with Gasteiger partial charge >= 0.3 is 0 Å². The van der Waals surface area contributed by atoms with Crippen LogP contribution in [-0.4, -0.2) is 8.42 Å². The third-order valence-corrected chi connectivity index (χ3v) is 4.32. The molecule has 0 radical (unpaired) electrons. The van der Waals surface area contributed by atoms with E-state index in [0.717, 1.165) is 6.07 Å². The summed E-state index contributed by atoms with van der Waals surface area (Å²) in [5.74, 6) is -0.765. The third-order valence-electron chi connectivity index (χ3n) is 2.40. The van der Waals surface area contributed by atoms with E-state index in [9.17, 15) is 12.8 Å². The van der Waals surface area contributed by atoms with Gasteiger partial charge in [0.05, 0.1) is 10.6 Å². The minimum absolute atomic E-state index is 0.0255. The average Bonchev–Trinajstić information content (AvgIpc) is 2.28. The largest absolute Gasteiger partial charge is 0.223 e. The van der Waals surface area contributed by atoms with Crippen LogP contribution in [0.1, 0.15) is 5.56 Å². The molecular formula is C13H10ClFO2S. The van der Waals surface area contributed by atoms with Crippen LogP contribution in [0.3, 0.4) is 0 Å². The summed E-state index contributed by atoms with van der Waals surface area (Å²) in [5, 5.41) is 0.474. The molecule has 2 aromatic rings. The number of benzene rings is 2. The SMILES string of the molecule is O=S(=O)(Cc1cccc(Cl)c1)c1cccc(F)c1. The molecule has 0 aliphatic carbocycles. The van der Waals surface area contributed by atoms with Crippen molar-refractivity contribution in [1.29, 1.82) is 0 Å². The van der Waals surface area contributed by atoms with Crippen LogP contribution in [-0.2, 0) is 15.6 Å². The molecule has 5 heteroatoms. The Morgan fingerprint density at radius 3 is 2.44 bits per heavy atom. The molecule has 0 bridgehead atoms. The van der Waals surface area contributed by atoms with Crippen LogP contribution in [0.4, 0.5) is 4.39 Å². The molecule has 0 spiro atoms. The van der Waals surface area contributed by atoms with Crippen LogP contribution in [0.25, 0.3) is 0 Å². The van der Waals surface area contributed by atoms with Crippen molar-refractivity contribution in [2.45, 2.75) is 10.6 Å². The van der Waals surface area contributed by atoms with E-state index >= 15 is 0 Å². The highest BCUT2D eigenvalue weighted by atomic mass is 35.5. The van der Waals surface area contributed by atoms with Gasteiger partial charge < -0.3 is 0 Å². The fourth-order valence-corrected chi connectivity index (χ4v) is 3.17. The lowest BCUT2D eigenvalue weighted by molar-refractivity contribution is 0.590. The molecule has 0 amide bonds. The molecule has 2 nitrogen and oxygen atoms in total. The first-order valence-electron chi connectivity index (χ1n) is 5.20. The molecule has 0 aromatic heterocycles. The normalized spacial score (nSPS) is 11.4. The number of halogens is 2. The first-order chi connectivity index (χ1) is 8.47. The molecule has 0 unspecified atom stereocenters. The van der Waals surface area contributed by atoms with Crippen molar-refractivity contribution in [3.63, 3.8) is 0 Å². The lowest BCUT2D eigenvalue weighted by Crippen LogP contribution is -2.05. The van der Waals surface area contributed by atoms with Crippen LogP contribution >= 0.6 is 11.6 Å². The van der Waals surface area contributed by atoms with E-state index in [-0.39, 0.29) is 10.6 Å². The molecule has 0 N–H and O–H groups in total. The summed E-state index contributed by atoms with van der Waals surface area (Å²) < 4.78 is 37.1. The molecule has 18 heavy (non-hydrogen) atoms. The van der Waals surface area contributed by atoms with Gasteiger partial charge in [-0.3, -0.25) is 0 Å². The zero-order valence-corrected chi connectivity index (χ0v) is 10.9. The summed E-state index contributed by atoms with van der Waals surface area (Å²) >= 11 is 5.79. The Bertz CT molecular complexity index is 668. The van der Waals surface area contributed by atoms with Crippen molar-refractivity contribution in [2.75, 3.05) is 0 Å². The summed E-state index contributed by atoms with van der Waals surface area (Å²) in [7, 11) is -3.55. The van der Waals surface area contributed by atoms with Crippen molar-refractivity contribution < 1.29 is 12.8 Å². The van der Waals surface area contributed by atoms with E-state index in [1.807, 2.05) is 0 Å². The highest BCUT2D eigenvalue weighted by Gasteiger charge is 2.15. The van der Waals surface area contributed by atoms with Gasteiger partial charge in [0.15, 0.2) is 9.84 Å². The molecule has 0 saturated heterocycles. The first-order valence-corrected chi connectivity index (χ1v) is 7.23. The topological polar surface area (TPSA) is 34.1 Å². The van der Waals surface area contributed by atoms with E-state index in [4.69, 9.17) is 11.6 Å². The molecule has 0 fully saturated rings. The molecule has 0 heterocycles. The highest BCUT2D eigenvalue weighted by molar-refractivity contribution is 7.90. The minimum atomic E-state index is -3.55. The Labute approximate surface area is 110 Å². The van der Waals surface area contributed by atoms with Gasteiger partial charge in [-0.1, -0.05) is 29.8 Å². The van der Waals surface area contributed by atoms with Gasteiger partial charge in [-0.15, -0.1) is 0 Å². The molecule has 0 atom stereocenters. The molecule has 94 valence electrons. The molecule has 0 saturated carbocycles. The second-order valence-electron chi connectivity index (χ2n) is 3.85. The van der Waals surface area contributed by atoms with Gasteiger partial charge in [-0.2, -0.15) is 0 Å². The van der Waals surface area contributed by atoms with E-state index in [1.165, 1.54) is 18.2 Å². The summed E-state index contributed by atoms with van der Waals surface area (Å²) in [6.45, 7) is 0. The number of sulfone groups is 1. The predicted octanol–water partition coefficient (Wildman–Crippen LogP) is 3.45. The van der Waals surface area contributed by atoms with Crippen LogP contribution in [0.15, 0.2) is 53.4 Å². The second-order valence-corrected chi connectivity index (χ2v) is 6.27. The maximum Gasteiger partial charge on any atom is 0.182 e. The Hall–Kier alpha value is -1.39. The number of rotatable bonds is 3. The van der Waals surface area contributed by atoms with Crippen LogP contribution in [0.2, 0.25) is 5.02 Å². The maximum absolute atomic E-state index is 13.0. The molecular weight excluding hydrogens is 275 g/mol. The molecule has 0 aliphatic rings. The zero-order valence-electron chi connectivity index (χ0n) is 9.31. The summed E-state index contributed by atoms with van der Waals surface area (Å²) in [4.78, 5) is -0.0255. The Balaban J connectivity index is 2.33. The fraction of sp³-hybridized carbons (Fsp3) is 0.0769. The van der Waals surface area contributed by atoms with E-state index in [0.29, 0.717) is 10.6 Å².